The first-order chi connectivity index (χ1) is 17.0. The van der Waals surface area contributed by atoms with Gasteiger partial charge in [-0.05, 0) is 36.4 Å². The molecule has 4 aromatic rings. The van der Waals surface area contributed by atoms with E-state index < -0.39 is 10.0 Å². The zero-order chi connectivity index (χ0) is 24.3. The highest BCUT2D eigenvalue weighted by molar-refractivity contribution is 7.89. The van der Waals surface area contributed by atoms with E-state index in [1.54, 1.807) is 30.7 Å². The van der Waals surface area contributed by atoms with Crippen LogP contribution in [0.15, 0.2) is 77.5 Å². The Morgan fingerprint density at radius 2 is 1.80 bits per heavy atom. The molecule has 9 nitrogen and oxygen atoms in total. The van der Waals surface area contributed by atoms with Crippen molar-refractivity contribution in [2.75, 3.05) is 43.4 Å². The molecule has 10 heteroatoms. The number of furan rings is 1. The molecule has 1 aliphatic heterocycles. The van der Waals surface area contributed by atoms with Crippen molar-refractivity contribution in [3.05, 3.63) is 78.7 Å². The number of carbonyl (C=O) groups is 1. The first-order valence-electron chi connectivity index (χ1n) is 11.4. The summed E-state index contributed by atoms with van der Waals surface area (Å²) in [5, 5.41) is 3.46. The van der Waals surface area contributed by atoms with Crippen molar-refractivity contribution < 1.29 is 17.6 Å². The second kappa shape index (κ2) is 9.85. The number of fused-ring (bicyclic) bond motifs is 1. The normalized spacial score (nSPS) is 14.8. The maximum absolute atomic E-state index is 13.1. The Kier molecular flexibility index (Phi) is 6.47. The summed E-state index contributed by atoms with van der Waals surface area (Å²) >= 11 is 0. The topological polar surface area (TPSA) is 109 Å². The second-order valence-corrected chi connectivity index (χ2v) is 10.3. The molecule has 1 saturated heterocycles. The fraction of sp³-hybridized carbons (Fsp3) is 0.240. The lowest BCUT2D eigenvalue weighted by Crippen LogP contribution is -2.50. The first-order valence-corrected chi connectivity index (χ1v) is 13.0. The van der Waals surface area contributed by atoms with Gasteiger partial charge < -0.3 is 14.6 Å². The van der Waals surface area contributed by atoms with E-state index in [1.807, 2.05) is 42.5 Å². The van der Waals surface area contributed by atoms with Gasteiger partial charge in [0.2, 0.25) is 10.0 Å². The largest absolute Gasteiger partial charge is 0.463 e. The number of anilines is 1. The van der Waals surface area contributed by atoms with Crippen LogP contribution < -0.4 is 10.2 Å². The van der Waals surface area contributed by atoms with Crippen molar-refractivity contribution in [2.45, 2.75) is 0 Å². The molecule has 5 rings (SSSR count). The molecule has 0 unspecified atom stereocenters. The zero-order valence-electron chi connectivity index (χ0n) is 19.0. The Hall–Kier alpha value is -3.76. The van der Waals surface area contributed by atoms with Crippen LogP contribution in [0.3, 0.4) is 0 Å². The van der Waals surface area contributed by atoms with Gasteiger partial charge in [-0.25, -0.2) is 18.4 Å². The van der Waals surface area contributed by atoms with Gasteiger partial charge in [0.05, 0.1) is 23.1 Å². The number of hydrogen-bond acceptors (Lipinski definition) is 7. The molecule has 4 heterocycles. The average Bonchev–Trinajstić information content (AvgIpc) is 3.44. The minimum atomic E-state index is -3.51. The Bertz CT molecular complexity index is 1420. The van der Waals surface area contributed by atoms with Crippen LogP contribution in [0.2, 0.25) is 0 Å². The minimum absolute atomic E-state index is 0.00829. The van der Waals surface area contributed by atoms with E-state index in [0.29, 0.717) is 54.1 Å². The molecule has 0 atom stereocenters. The predicted molar refractivity (Wildman–Crippen MR) is 134 cm³/mol. The summed E-state index contributed by atoms with van der Waals surface area (Å²) in [7, 11) is -3.51. The van der Waals surface area contributed by atoms with Gasteiger partial charge in [-0.15, -0.1) is 0 Å². The van der Waals surface area contributed by atoms with Crippen molar-refractivity contribution in [3.8, 4) is 11.5 Å². The number of benzene rings is 1. The highest BCUT2D eigenvalue weighted by Gasteiger charge is 2.27. The van der Waals surface area contributed by atoms with Gasteiger partial charge >= 0.3 is 0 Å². The molecular formula is C25H25N5O4S. The third-order valence-electron chi connectivity index (χ3n) is 5.99. The van der Waals surface area contributed by atoms with Crippen molar-refractivity contribution >= 4 is 32.7 Å². The molecule has 1 N–H and O–H groups in total. The van der Waals surface area contributed by atoms with Crippen LogP contribution in [0.1, 0.15) is 10.4 Å². The van der Waals surface area contributed by atoms with Gasteiger partial charge in [0, 0.05) is 44.3 Å². The van der Waals surface area contributed by atoms with Gasteiger partial charge in [-0.3, -0.25) is 4.79 Å². The van der Waals surface area contributed by atoms with E-state index in [9.17, 15) is 13.2 Å². The Labute approximate surface area is 203 Å². The molecular weight excluding hydrogens is 466 g/mol. The molecule has 1 fully saturated rings. The minimum Gasteiger partial charge on any atom is -0.463 e. The highest BCUT2D eigenvalue weighted by Crippen LogP contribution is 2.25. The summed E-state index contributed by atoms with van der Waals surface area (Å²) in [4.78, 5) is 24.0. The second-order valence-electron chi connectivity index (χ2n) is 8.20. The fourth-order valence-corrected chi connectivity index (χ4v) is 5.51. The summed E-state index contributed by atoms with van der Waals surface area (Å²) in [5.74, 6) is 0.871. The van der Waals surface area contributed by atoms with Gasteiger partial charge in [0.1, 0.15) is 11.5 Å². The molecule has 1 aliphatic rings. The van der Waals surface area contributed by atoms with Crippen LogP contribution in [0.4, 0.5) is 5.82 Å². The third kappa shape index (κ3) is 5.03. The highest BCUT2D eigenvalue weighted by atomic mass is 32.2. The molecule has 3 aromatic heterocycles. The summed E-state index contributed by atoms with van der Waals surface area (Å²) in [5.41, 5.74) is 1.62. The molecule has 35 heavy (non-hydrogen) atoms. The summed E-state index contributed by atoms with van der Waals surface area (Å²) in [6.45, 7) is 1.92. The molecule has 0 saturated carbocycles. The number of carbonyl (C=O) groups excluding carboxylic acids is 1. The lowest BCUT2D eigenvalue weighted by molar-refractivity contribution is 0.0957. The smallest absolute Gasteiger partial charge is 0.252 e. The zero-order valence-corrected chi connectivity index (χ0v) is 19.8. The maximum atomic E-state index is 13.1. The number of hydrogen-bond donors (Lipinski definition) is 1. The summed E-state index contributed by atoms with van der Waals surface area (Å²) in [6.07, 6.45) is 3.28. The fourth-order valence-electron chi connectivity index (χ4n) is 4.17. The van der Waals surface area contributed by atoms with E-state index in [0.717, 1.165) is 5.82 Å². The lowest BCUT2D eigenvalue weighted by atomic mass is 10.1. The molecule has 0 radical (unpaired) electrons. The molecule has 0 bridgehead atoms. The number of amides is 1. The van der Waals surface area contributed by atoms with Crippen LogP contribution in [-0.2, 0) is 10.0 Å². The number of aromatic nitrogens is 2. The van der Waals surface area contributed by atoms with E-state index in [-0.39, 0.29) is 18.2 Å². The monoisotopic (exact) mass is 491 g/mol. The van der Waals surface area contributed by atoms with E-state index in [2.05, 4.69) is 20.2 Å². The van der Waals surface area contributed by atoms with Crippen LogP contribution >= 0.6 is 0 Å². The first kappa shape index (κ1) is 23.0. The molecule has 1 amide bonds. The van der Waals surface area contributed by atoms with E-state index in [4.69, 9.17) is 4.42 Å². The number of nitrogens with zero attached hydrogens (tertiary/aromatic N) is 4. The molecule has 1 aromatic carbocycles. The van der Waals surface area contributed by atoms with Gasteiger partial charge in [0.25, 0.3) is 5.91 Å². The third-order valence-corrected chi connectivity index (χ3v) is 7.86. The van der Waals surface area contributed by atoms with Crippen LogP contribution in [-0.4, -0.2) is 67.1 Å². The predicted octanol–water partition coefficient (Wildman–Crippen LogP) is 2.77. The van der Waals surface area contributed by atoms with Gasteiger partial charge in [0.15, 0.2) is 5.76 Å². The summed E-state index contributed by atoms with van der Waals surface area (Å²) in [6, 6.07) is 18.2. The number of rotatable bonds is 7. The quantitative estimate of drug-likeness (QED) is 0.423. The number of pyridine rings is 2. The molecule has 0 spiro atoms. The Morgan fingerprint density at radius 3 is 2.54 bits per heavy atom. The van der Waals surface area contributed by atoms with Crippen LogP contribution in [0.5, 0.6) is 0 Å². The van der Waals surface area contributed by atoms with Crippen molar-refractivity contribution in [1.82, 2.24) is 19.6 Å². The lowest BCUT2D eigenvalue weighted by Gasteiger charge is -2.34. The SMILES string of the molecule is O=C(NCCS(=O)(=O)N1CCN(c2ccccn2)CC1)c1cc(-c2ccco2)nc2ccccc12. The average molecular weight is 492 g/mol. The molecule has 0 aliphatic carbocycles. The van der Waals surface area contributed by atoms with E-state index in [1.165, 1.54) is 4.31 Å². The molecule has 180 valence electrons. The number of piperazine rings is 1. The van der Waals surface area contributed by atoms with Gasteiger partial charge in [-0.2, -0.15) is 4.31 Å². The number of para-hydroxylation sites is 1. The van der Waals surface area contributed by atoms with Crippen LogP contribution in [0.25, 0.3) is 22.4 Å². The van der Waals surface area contributed by atoms with Gasteiger partial charge in [-0.1, -0.05) is 24.3 Å². The van der Waals surface area contributed by atoms with Crippen LogP contribution in [0, 0.1) is 0 Å². The standard InChI is InChI=1S/C25H25N5O4S/c31-25(20-18-22(23-8-5-16-34-23)28-21-7-2-1-6-19(20)21)27-11-17-35(32,33)30-14-12-29(13-15-30)24-9-3-4-10-26-24/h1-10,16,18H,11-15,17H2,(H,27,31). The number of nitrogens with one attached hydrogen (secondary N) is 1. The Balaban J connectivity index is 1.23. The van der Waals surface area contributed by atoms with E-state index >= 15 is 0 Å². The van der Waals surface area contributed by atoms with Crippen molar-refractivity contribution in [1.29, 1.82) is 0 Å². The Morgan fingerprint density at radius 1 is 1.00 bits per heavy atom. The maximum Gasteiger partial charge on any atom is 0.252 e. The van der Waals surface area contributed by atoms with Crippen molar-refractivity contribution in [2.24, 2.45) is 0 Å². The summed E-state index contributed by atoms with van der Waals surface area (Å²) < 4.78 is 32.7. The number of sulfonamides is 1. The van der Waals surface area contributed by atoms with Crippen molar-refractivity contribution in [3.63, 3.8) is 0 Å².